The minimum Gasteiger partial charge on any atom is -0.394 e. The molecule has 0 bridgehead atoms. The van der Waals surface area contributed by atoms with Crippen LogP contribution in [-0.4, -0.2) is 47.2 Å². The van der Waals surface area contributed by atoms with Crippen LogP contribution >= 0.6 is 0 Å². The Morgan fingerprint density at radius 3 is 2.73 bits per heavy atom. The van der Waals surface area contributed by atoms with E-state index in [0.717, 1.165) is 33.4 Å². The zero-order valence-corrected chi connectivity index (χ0v) is 20.5. The summed E-state index contributed by atoms with van der Waals surface area (Å²) in [6.45, 7) is 0.531. The largest absolute Gasteiger partial charge is 0.394 e. The minimum absolute atomic E-state index is 0.0739. The zero-order valence-electron chi connectivity index (χ0n) is 20.5. The van der Waals surface area contributed by atoms with Gasteiger partial charge in [0, 0.05) is 44.5 Å². The van der Waals surface area contributed by atoms with Gasteiger partial charge in [-0.1, -0.05) is 18.2 Å². The van der Waals surface area contributed by atoms with Gasteiger partial charge in [-0.15, -0.1) is 0 Å². The number of aliphatic hydroxyl groups excluding tert-OH is 1. The number of aliphatic hydroxyl groups is 1. The third-order valence-electron chi connectivity index (χ3n) is 6.70. The highest BCUT2D eigenvalue weighted by atomic mass is 16.3. The summed E-state index contributed by atoms with van der Waals surface area (Å²) >= 11 is 0. The third-order valence-corrected chi connectivity index (χ3v) is 6.70. The quantitative estimate of drug-likeness (QED) is 0.272. The number of para-hydroxylation sites is 2. The first-order valence-corrected chi connectivity index (χ1v) is 12.2. The van der Waals surface area contributed by atoms with Crippen molar-refractivity contribution in [2.45, 2.75) is 31.8 Å². The lowest BCUT2D eigenvalue weighted by molar-refractivity contribution is -0.116. The van der Waals surface area contributed by atoms with Crippen molar-refractivity contribution >= 4 is 39.4 Å². The molecule has 0 saturated heterocycles. The maximum Gasteiger partial charge on any atom is 0.268 e. The van der Waals surface area contributed by atoms with E-state index in [1.165, 1.54) is 6.33 Å². The molecule has 0 aliphatic heterocycles. The Morgan fingerprint density at radius 1 is 1.14 bits per heavy atom. The van der Waals surface area contributed by atoms with Crippen LogP contribution in [0.1, 0.15) is 35.2 Å². The lowest BCUT2D eigenvalue weighted by Crippen LogP contribution is -2.15. The van der Waals surface area contributed by atoms with Crippen molar-refractivity contribution in [2.24, 2.45) is 12.8 Å². The number of fused-ring (bicyclic) bond motifs is 2. The summed E-state index contributed by atoms with van der Waals surface area (Å²) in [5, 5.41) is 13.9. The molecule has 37 heavy (non-hydrogen) atoms. The number of aromatic nitrogens is 5. The number of primary amides is 1. The first kappa shape index (κ1) is 24.3. The summed E-state index contributed by atoms with van der Waals surface area (Å²) in [6.07, 6.45) is 6.54. The van der Waals surface area contributed by atoms with Crippen molar-refractivity contribution in [3.63, 3.8) is 0 Å². The molecule has 0 radical (unpaired) electrons. The molecule has 2 aromatic carbocycles. The monoisotopic (exact) mass is 499 g/mol. The molecule has 10 heteroatoms. The van der Waals surface area contributed by atoms with Crippen LogP contribution in [-0.2, 0) is 24.8 Å². The fourth-order valence-corrected chi connectivity index (χ4v) is 4.61. The van der Waals surface area contributed by atoms with E-state index < -0.39 is 5.91 Å². The van der Waals surface area contributed by atoms with E-state index in [1.807, 2.05) is 66.3 Å². The van der Waals surface area contributed by atoms with Crippen molar-refractivity contribution in [3.05, 3.63) is 78.8 Å². The van der Waals surface area contributed by atoms with E-state index in [2.05, 4.69) is 19.9 Å². The summed E-state index contributed by atoms with van der Waals surface area (Å²) in [5.74, 6) is 0.199. The molecule has 10 nitrogen and oxygen atoms in total. The predicted molar refractivity (Wildman–Crippen MR) is 141 cm³/mol. The molecule has 3 aromatic heterocycles. The maximum absolute atomic E-state index is 12.7. The lowest BCUT2D eigenvalue weighted by atomic mass is 10.2. The van der Waals surface area contributed by atoms with Gasteiger partial charge in [0.05, 0.1) is 35.5 Å². The Labute approximate surface area is 213 Å². The van der Waals surface area contributed by atoms with Gasteiger partial charge in [0.1, 0.15) is 11.5 Å². The van der Waals surface area contributed by atoms with E-state index >= 15 is 0 Å². The summed E-state index contributed by atoms with van der Waals surface area (Å²) in [7, 11) is 1.97. The number of nitrogens with two attached hydrogens (primary N) is 1. The van der Waals surface area contributed by atoms with Crippen molar-refractivity contribution < 1.29 is 14.7 Å². The SMILES string of the molecule is Cn1c(CCC(=O)Nc2ccc3ccn(CC[C@@H](CO)n4cnc(C(N)=O)c4)c3c2)nc2ccccc21. The molecule has 5 aromatic rings. The second-order valence-corrected chi connectivity index (χ2v) is 9.10. The van der Waals surface area contributed by atoms with Gasteiger partial charge in [-0.2, -0.15) is 0 Å². The number of anilines is 1. The molecule has 1 atom stereocenters. The Kier molecular flexibility index (Phi) is 6.74. The summed E-state index contributed by atoms with van der Waals surface area (Å²) in [5.41, 5.74) is 9.14. The van der Waals surface area contributed by atoms with E-state index in [9.17, 15) is 14.7 Å². The van der Waals surface area contributed by atoms with Crippen LogP contribution in [0.3, 0.4) is 0 Å². The van der Waals surface area contributed by atoms with Gasteiger partial charge >= 0.3 is 0 Å². The van der Waals surface area contributed by atoms with Gasteiger partial charge in [0.2, 0.25) is 5.91 Å². The maximum atomic E-state index is 12.7. The third kappa shape index (κ3) is 5.10. The van der Waals surface area contributed by atoms with E-state index in [1.54, 1.807) is 10.8 Å². The molecule has 0 aliphatic rings. The lowest BCUT2D eigenvalue weighted by Gasteiger charge is -2.16. The second-order valence-electron chi connectivity index (χ2n) is 9.10. The van der Waals surface area contributed by atoms with Crippen molar-refractivity contribution in [3.8, 4) is 0 Å². The van der Waals surface area contributed by atoms with Gasteiger partial charge in [-0.05, 0) is 42.1 Å². The molecular formula is C27H29N7O3. The Bertz CT molecular complexity index is 1580. The number of rotatable bonds is 10. The Hall–Kier alpha value is -4.44. The first-order valence-electron chi connectivity index (χ1n) is 12.2. The Morgan fingerprint density at radius 2 is 1.97 bits per heavy atom. The number of imidazole rings is 2. The molecule has 0 unspecified atom stereocenters. The average molecular weight is 500 g/mol. The van der Waals surface area contributed by atoms with Gasteiger partial charge in [-0.3, -0.25) is 9.59 Å². The smallest absolute Gasteiger partial charge is 0.268 e. The van der Waals surface area contributed by atoms with Crippen LogP contribution in [0.25, 0.3) is 21.9 Å². The molecule has 0 spiro atoms. The number of nitrogens with one attached hydrogen (secondary N) is 1. The van der Waals surface area contributed by atoms with Crippen LogP contribution < -0.4 is 11.1 Å². The number of nitrogens with zero attached hydrogens (tertiary/aromatic N) is 5. The number of benzene rings is 2. The van der Waals surface area contributed by atoms with Crippen LogP contribution in [0.4, 0.5) is 5.69 Å². The van der Waals surface area contributed by atoms with Crippen LogP contribution in [0.15, 0.2) is 67.3 Å². The van der Waals surface area contributed by atoms with Crippen LogP contribution in [0, 0.1) is 0 Å². The molecule has 2 amide bonds. The predicted octanol–water partition coefficient (Wildman–Crippen LogP) is 3.02. The number of amides is 2. The molecule has 0 aliphatic carbocycles. The van der Waals surface area contributed by atoms with Gasteiger partial charge in [0.15, 0.2) is 0 Å². The number of carbonyl (C=O) groups is 2. The molecular weight excluding hydrogens is 470 g/mol. The summed E-state index contributed by atoms with van der Waals surface area (Å²) < 4.78 is 5.82. The molecule has 0 fully saturated rings. The molecule has 3 heterocycles. The van der Waals surface area contributed by atoms with Crippen molar-refractivity contribution in [2.75, 3.05) is 11.9 Å². The molecule has 0 saturated carbocycles. The highest BCUT2D eigenvalue weighted by Gasteiger charge is 2.14. The summed E-state index contributed by atoms with van der Waals surface area (Å²) in [6, 6.07) is 15.5. The second kappa shape index (κ2) is 10.3. The average Bonchev–Trinajstić information content (AvgIpc) is 3.62. The number of hydrogen-bond donors (Lipinski definition) is 3. The number of carbonyl (C=O) groups excluding carboxylic acids is 2. The van der Waals surface area contributed by atoms with Gasteiger partial charge in [-0.25, -0.2) is 9.97 Å². The van der Waals surface area contributed by atoms with Crippen LogP contribution in [0.2, 0.25) is 0 Å². The minimum atomic E-state index is -0.602. The van der Waals surface area contributed by atoms with Gasteiger partial charge < -0.3 is 29.9 Å². The summed E-state index contributed by atoms with van der Waals surface area (Å²) in [4.78, 5) is 32.7. The fourth-order valence-electron chi connectivity index (χ4n) is 4.61. The highest BCUT2D eigenvalue weighted by Crippen LogP contribution is 2.23. The van der Waals surface area contributed by atoms with Crippen LogP contribution in [0.5, 0.6) is 0 Å². The zero-order chi connectivity index (χ0) is 25.9. The molecule has 190 valence electrons. The fraction of sp³-hybridized carbons (Fsp3) is 0.259. The van der Waals surface area contributed by atoms with E-state index in [0.29, 0.717) is 25.8 Å². The van der Waals surface area contributed by atoms with Crippen molar-refractivity contribution in [1.29, 1.82) is 0 Å². The standard InChI is InChI=1S/C27H29N7O3/c1-32-23-5-3-2-4-21(23)31-25(32)8-9-26(36)30-19-7-6-18-10-12-33(24(18)14-19)13-11-20(16-35)34-15-22(27(28)37)29-17-34/h2-7,10,12,14-15,17,20,35H,8-9,11,13,16H2,1H3,(H2,28,37)(H,30,36)/t20-/m0/s1. The van der Waals surface area contributed by atoms with Gasteiger partial charge in [0.25, 0.3) is 5.91 Å². The number of aryl methyl sites for hydroxylation is 3. The normalized spacial score (nSPS) is 12.3. The van der Waals surface area contributed by atoms with Crippen molar-refractivity contribution in [1.82, 2.24) is 23.7 Å². The van der Waals surface area contributed by atoms with E-state index in [4.69, 9.17) is 5.73 Å². The molecule has 4 N–H and O–H groups in total. The van der Waals surface area contributed by atoms with E-state index in [-0.39, 0.29) is 24.2 Å². The Balaban J connectivity index is 1.23. The number of hydrogen-bond acceptors (Lipinski definition) is 5. The first-order chi connectivity index (χ1) is 17.9. The molecule has 5 rings (SSSR count). The topological polar surface area (TPSA) is 133 Å². The highest BCUT2D eigenvalue weighted by molar-refractivity contribution is 5.94.